The van der Waals surface area contributed by atoms with E-state index in [0.717, 1.165) is 5.39 Å². The second kappa shape index (κ2) is 7.54. The van der Waals surface area contributed by atoms with Gasteiger partial charge in [-0.15, -0.1) is 8.78 Å². The number of carbonyl (C=O) groups excluding carboxylic acids is 2. The smallest absolute Gasteiger partial charge is 0.497 e. The summed E-state index contributed by atoms with van der Waals surface area (Å²) < 4.78 is 50.1. The predicted octanol–water partition coefficient (Wildman–Crippen LogP) is 3.49. The van der Waals surface area contributed by atoms with Crippen LogP contribution in [-0.2, 0) is 20.7 Å². The van der Waals surface area contributed by atoms with E-state index in [-0.39, 0.29) is 23.6 Å². The van der Waals surface area contributed by atoms with Gasteiger partial charge in [-0.05, 0) is 24.3 Å². The normalized spacial score (nSPS) is 13.8. The van der Waals surface area contributed by atoms with Gasteiger partial charge >= 0.3 is 12.3 Å². The van der Waals surface area contributed by atoms with Gasteiger partial charge in [0.15, 0.2) is 18.1 Å². The first-order valence-electron chi connectivity index (χ1n) is 8.72. The lowest BCUT2D eigenvalue weighted by Gasteiger charge is -2.07. The van der Waals surface area contributed by atoms with Crippen molar-refractivity contribution in [2.24, 2.45) is 0 Å². The topological polar surface area (TPSA) is 96.2 Å². The lowest BCUT2D eigenvalue weighted by atomic mass is 10.1. The molecule has 1 aromatic heterocycles. The molecule has 1 N–H and O–H groups in total. The number of rotatable bonds is 6. The van der Waals surface area contributed by atoms with Gasteiger partial charge in [0, 0.05) is 28.8 Å². The third kappa shape index (κ3) is 4.12. The number of alkyl halides is 2. The Kier molecular flexibility index (Phi) is 4.90. The first-order valence-corrected chi connectivity index (χ1v) is 8.72. The molecule has 0 unspecified atom stereocenters. The number of benzene rings is 2. The Balaban J connectivity index is 1.31. The van der Waals surface area contributed by atoms with E-state index in [1.165, 1.54) is 31.6 Å². The molecule has 8 nitrogen and oxygen atoms in total. The molecule has 4 rings (SSSR count). The molecular formula is C20H15F2NO7. The molecule has 156 valence electrons. The van der Waals surface area contributed by atoms with E-state index in [0.29, 0.717) is 16.9 Å². The highest BCUT2D eigenvalue weighted by Gasteiger charge is 2.43. The van der Waals surface area contributed by atoms with Crippen molar-refractivity contribution in [3.8, 4) is 17.2 Å². The highest BCUT2D eigenvalue weighted by Crippen LogP contribution is 2.42. The van der Waals surface area contributed by atoms with Crippen molar-refractivity contribution in [3.63, 3.8) is 0 Å². The molecule has 0 atom stereocenters. The maximum atomic E-state index is 13.0. The van der Waals surface area contributed by atoms with Gasteiger partial charge < -0.3 is 28.7 Å². The van der Waals surface area contributed by atoms with Crippen molar-refractivity contribution < 1.29 is 41.7 Å². The van der Waals surface area contributed by atoms with Crippen molar-refractivity contribution in [1.29, 1.82) is 0 Å². The summed E-state index contributed by atoms with van der Waals surface area (Å²) in [7, 11) is 1.53. The van der Waals surface area contributed by atoms with Crippen LogP contribution in [0.1, 0.15) is 5.56 Å². The van der Waals surface area contributed by atoms with Crippen LogP contribution in [0.5, 0.6) is 17.2 Å². The number of halogens is 2. The number of hydrogen-bond donors (Lipinski definition) is 1. The number of hydrogen-bond acceptors (Lipinski definition) is 7. The maximum absolute atomic E-state index is 13.0. The summed E-state index contributed by atoms with van der Waals surface area (Å²) in [5.41, 5.74) is 1.35. The minimum atomic E-state index is -3.75. The van der Waals surface area contributed by atoms with Gasteiger partial charge in [0.1, 0.15) is 11.3 Å². The number of furan rings is 1. The fourth-order valence-corrected chi connectivity index (χ4v) is 2.90. The first kappa shape index (κ1) is 19.5. The Morgan fingerprint density at radius 2 is 1.90 bits per heavy atom. The monoisotopic (exact) mass is 419 g/mol. The number of anilines is 1. The zero-order chi connectivity index (χ0) is 21.3. The van der Waals surface area contributed by atoms with Crippen molar-refractivity contribution in [2.75, 3.05) is 19.0 Å². The second-order valence-electron chi connectivity index (χ2n) is 6.34. The highest BCUT2D eigenvalue weighted by atomic mass is 19.3. The zero-order valence-corrected chi connectivity index (χ0v) is 15.6. The molecule has 2 aromatic carbocycles. The van der Waals surface area contributed by atoms with E-state index < -0.39 is 24.8 Å². The van der Waals surface area contributed by atoms with E-state index in [1.54, 1.807) is 18.2 Å². The van der Waals surface area contributed by atoms with Crippen LogP contribution in [0.4, 0.5) is 14.5 Å². The molecule has 1 aliphatic rings. The van der Waals surface area contributed by atoms with Crippen molar-refractivity contribution >= 4 is 28.5 Å². The van der Waals surface area contributed by atoms with E-state index >= 15 is 0 Å². The van der Waals surface area contributed by atoms with E-state index in [4.69, 9.17) is 13.9 Å². The average molecular weight is 419 g/mol. The number of esters is 1. The Morgan fingerprint density at radius 3 is 2.70 bits per heavy atom. The minimum Gasteiger partial charge on any atom is -0.497 e. The molecular weight excluding hydrogens is 404 g/mol. The number of methoxy groups -OCH3 is 1. The molecule has 0 radical (unpaired) electrons. The van der Waals surface area contributed by atoms with E-state index in [9.17, 15) is 18.4 Å². The van der Waals surface area contributed by atoms with Gasteiger partial charge in [-0.1, -0.05) is 0 Å². The van der Waals surface area contributed by atoms with Crippen LogP contribution in [0, 0.1) is 0 Å². The predicted molar refractivity (Wildman–Crippen MR) is 98.7 cm³/mol. The number of carbonyl (C=O) groups is 2. The fraction of sp³-hybridized carbons (Fsp3) is 0.200. The van der Waals surface area contributed by atoms with E-state index in [1.807, 2.05) is 0 Å². The Labute approximate surface area is 168 Å². The van der Waals surface area contributed by atoms with Crippen LogP contribution >= 0.6 is 0 Å². The zero-order valence-electron chi connectivity index (χ0n) is 15.6. The van der Waals surface area contributed by atoms with Gasteiger partial charge in [0.25, 0.3) is 5.91 Å². The molecule has 1 aliphatic heterocycles. The van der Waals surface area contributed by atoms with Gasteiger partial charge in [0.05, 0.1) is 19.8 Å². The molecule has 2 heterocycles. The van der Waals surface area contributed by atoms with Crippen LogP contribution in [0.15, 0.2) is 47.1 Å². The SMILES string of the molecule is COc1ccc2c(CC(=O)OCC(=O)Nc3ccc4c(c3)OC(F)(F)O4)coc2c1. The van der Waals surface area contributed by atoms with Crippen LogP contribution in [0.2, 0.25) is 0 Å². The van der Waals surface area contributed by atoms with Gasteiger partial charge in [0.2, 0.25) is 0 Å². The highest BCUT2D eigenvalue weighted by molar-refractivity contribution is 5.93. The number of nitrogens with one attached hydrogen (secondary N) is 1. The van der Waals surface area contributed by atoms with Gasteiger partial charge in [-0.3, -0.25) is 9.59 Å². The van der Waals surface area contributed by atoms with E-state index in [2.05, 4.69) is 14.8 Å². The maximum Gasteiger partial charge on any atom is 0.586 e. The molecule has 10 heteroatoms. The Morgan fingerprint density at radius 1 is 1.10 bits per heavy atom. The Hall–Kier alpha value is -3.82. The van der Waals surface area contributed by atoms with Crippen LogP contribution in [0.25, 0.3) is 11.0 Å². The summed E-state index contributed by atoms with van der Waals surface area (Å²) in [6, 6.07) is 8.96. The standard InChI is InChI=1S/C20H15F2NO7/c1-26-13-3-4-14-11(9-27-16(14)8-13)6-19(25)28-10-18(24)23-12-2-5-15-17(7-12)30-20(21,22)29-15/h2-5,7-9H,6,10H2,1H3,(H,23,24). The van der Waals surface area contributed by atoms with Gasteiger partial charge in [-0.2, -0.15) is 0 Å². The summed E-state index contributed by atoms with van der Waals surface area (Å²) in [6.45, 7) is -0.549. The summed E-state index contributed by atoms with van der Waals surface area (Å²) in [5, 5.41) is 3.16. The third-order valence-electron chi connectivity index (χ3n) is 4.25. The van der Waals surface area contributed by atoms with Crippen LogP contribution in [0.3, 0.4) is 0 Å². The largest absolute Gasteiger partial charge is 0.586 e. The van der Waals surface area contributed by atoms with Crippen molar-refractivity contribution in [3.05, 3.63) is 48.2 Å². The second-order valence-corrected chi connectivity index (χ2v) is 6.34. The Bertz CT molecular complexity index is 1130. The molecule has 1 amide bonds. The number of amides is 1. The quantitative estimate of drug-likeness (QED) is 0.611. The molecule has 0 aliphatic carbocycles. The van der Waals surface area contributed by atoms with Crippen LogP contribution < -0.4 is 19.5 Å². The summed E-state index contributed by atoms with van der Waals surface area (Å²) >= 11 is 0. The molecule has 0 spiro atoms. The molecule has 0 bridgehead atoms. The number of fused-ring (bicyclic) bond motifs is 2. The van der Waals surface area contributed by atoms with Crippen molar-refractivity contribution in [2.45, 2.75) is 12.7 Å². The fourth-order valence-electron chi connectivity index (χ4n) is 2.90. The summed E-state index contributed by atoms with van der Waals surface area (Å²) in [6.07, 6.45) is -2.40. The van der Waals surface area contributed by atoms with Crippen LogP contribution in [-0.4, -0.2) is 31.9 Å². The van der Waals surface area contributed by atoms with Gasteiger partial charge in [-0.25, -0.2) is 0 Å². The summed E-state index contributed by atoms with van der Waals surface area (Å²) in [4.78, 5) is 24.1. The molecule has 0 saturated heterocycles. The number of ether oxygens (including phenoxy) is 4. The lowest BCUT2D eigenvalue weighted by molar-refractivity contribution is -0.286. The average Bonchev–Trinajstić information content (AvgIpc) is 3.24. The summed E-state index contributed by atoms with van der Waals surface area (Å²) in [5.74, 6) is -1.01. The molecule has 0 fully saturated rings. The first-order chi connectivity index (χ1) is 14.3. The lowest BCUT2D eigenvalue weighted by Crippen LogP contribution is -2.25. The third-order valence-corrected chi connectivity index (χ3v) is 4.25. The molecule has 0 saturated carbocycles. The van der Waals surface area contributed by atoms with Crippen molar-refractivity contribution in [1.82, 2.24) is 0 Å². The molecule has 3 aromatic rings. The molecule has 30 heavy (non-hydrogen) atoms. The minimum absolute atomic E-state index is 0.0916.